The van der Waals surface area contributed by atoms with Gasteiger partial charge in [0, 0.05) is 31.7 Å². The SMILES string of the molecule is CCNC(=NCc1cccc(C#N)c1)NC1CCN(C2CCCCC2)CC1.I. The van der Waals surface area contributed by atoms with Crippen molar-refractivity contribution in [3.8, 4) is 6.07 Å². The van der Waals surface area contributed by atoms with E-state index >= 15 is 0 Å². The van der Waals surface area contributed by atoms with E-state index in [1.165, 1.54) is 58.0 Å². The fourth-order valence-electron chi connectivity index (χ4n) is 4.28. The summed E-state index contributed by atoms with van der Waals surface area (Å²) in [6.45, 7) is 5.94. The Morgan fingerprint density at radius 3 is 2.61 bits per heavy atom. The highest BCUT2D eigenvalue weighted by atomic mass is 127. The predicted octanol–water partition coefficient (Wildman–Crippen LogP) is 4.03. The maximum Gasteiger partial charge on any atom is 0.191 e. The molecule has 28 heavy (non-hydrogen) atoms. The zero-order valence-electron chi connectivity index (χ0n) is 17.0. The third-order valence-electron chi connectivity index (χ3n) is 5.78. The zero-order chi connectivity index (χ0) is 18.9. The smallest absolute Gasteiger partial charge is 0.191 e. The van der Waals surface area contributed by atoms with Crippen LogP contribution in [0.1, 0.15) is 63.0 Å². The molecule has 0 spiro atoms. The van der Waals surface area contributed by atoms with Gasteiger partial charge in [0.15, 0.2) is 5.96 Å². The van der Waals surface area contributed by atoms with Crippen molar-refractivity contribution in [3.63, 3.8) is 0 Å². The minimum absolute atomic E-state index is 0. The summed E-state index contributed by atoms with van der Waals surface area (Å²) in [6.07, 6.45) is 9.40. The minimum atomic E-state index is 0. The fraction of sp³-hybridized carbons (Fsp3) is 0.636. The summed E-state index contributed by atoms with van der Waals surface area (Å²) in [4.78, 5) is 7.45. The first-order chi connectivity index (χ1) is 13.3. The van der Waals surface area contributed by atoms with Gasteiger partial charge in [-0.05, 0) is 50.3 Å². The summed E-state index contributed by atoms with van der Waals surface area (Å²) in [5.41, 5.74) is 1.76. The maximum absolute atomic E-state index is 9.04. The highest BCUT2D eigenvalue weighted by Gasteiger charge is 2.26. The summed E-state index contributed by atoms with van der Waals surface area (Å²) in [5, 5.41) is 16.0. The van der Waals surface area contributed by atoms with Crippen molar-refractivity contribution in [3.05, 3.63) is 35.4 Å². The van der Waals surface area contributed by atoms with E-state index in [4.69, 9.17) is 10.3 Å². The van der Waals surface area contributed by atoms with E-state index in [9.17, 15) is 0 Å². The molecule has 1 aromatic rings. The predicted molar refractivity (Wildman–Crippen MR) is 126 cm³/mol. The lowest BCUT2D eigenvalue weighted by atomic mass is 9.92. The molecular formula is C22H34IN5. The molecule has 0 unspecified atom stereocenters. The Hall–Kier alpha value is -1.33. The van der Waals surface area contributed by atoms with Crippen LogP contribution in [0.5, 0.6) is 0 Å². The van der Waals surface area contributed by atoms with Gasteiger partial charge in [0.25, 0.3) is 0 Å². The van der Waals surface area contributed by atoms with Gasteiger partial charge >= 0.3 is 0 Å². The van der Waals surface area contributed by atoms with E-state index in [-0.39, 0.29) is 24.0 Å². The molecule has 0 amide bonds. The van der Waals surface area contributed by atoms with Crippen molar-refractivity contribution < 1.29 is 0 Å². The van der Waals surface area contributed by atoms with Crippen LogP contribution in [0.25, 0.3) is 0 Å². The lowest BCUT2D eigenvalue weighted by molar-refractivity contribution is 0.119. The number of nitrogens with zero attached hydrogens (tertiary/aromatic N) is 3. The van der Waals surface area contributed by atoms with E-state index in [2.05, 4.69) is 28.5 Å². The second-order valence-electron chi connectivity index (χ2n) is 7.75. The van der Waals surface area contributed by atoms with Crippen LogP contribution in [0.15, 0.2) is 29.3 Å². The molecule has 2 aliphatic rings. The lowest BCUT2D eigenvalue weighted by Gasteiger charge is -2.39. The average Bonchev–Trinajstić information content (AvgIpc) is 2.73. The molecule has 1 saturated carbocycles. The van der Waals surface area contributed by atoms with Crippen LogP contribution in [-0.4, -0.2) is 42.6 Å². The highest BCUT2D eigenvalue weighted by molar-refractivity contribution is 14.0. The van der Waals surface area contributed by atoms with Crippen LogP contribution >= 0.6 is 24.0 Å². The van der Waals surface area contributed by atoms with Gasteiger partial charge in [-0.3, -0.25) is 0 Å². The Balaban J connectivity index is 0.00000280. The van der Waals surface area contributed by atoms with Gasteiger partial charge in [-0.1, -0.05) is 31.4 Å². The quantitative estimate of drug-likeness (QED) is 0.368. The molecule has 1 aromatic carbocycles. The Morgan fingerprint density at radius 2 is 1.93 bits per heavy atom. The topological polar surface area (TPSA) is 63.5 Å². The molecule has 1 aliphatic carbocycles. The normalized spacial score (nSPS) is 19.5. The number of halogens is 1. The second kappa shape index (κ2) is 12.3. The molecule has 0 radical (unpaired) electrons. The molecule has 0 aromatic heterocycles. The van der Waals surface area contributed by atoms with E-state index < -0.39 is 0 Å². The first-order valence-corrected chi connectivity index (χ1v) is 10.6. The van der Waals surface area contributed by atoms with Crippen molar-refractivity contribution in [2.75, 3.05) is 19.6 Å². The van der Waals surface area contributed by atoms with E-state index in [0.717, 1.165) is 24.1 Å². The van der Waals surface area contributed by atoms with E-state index in [1.54, 1.807) is 0 Å². The van der Waals surface area contributed by atoms with Crippen molar-refractivity contribution in [2.45, 2.75) is 70.5 Å². The van der Waals surface area contributed by atoms with Crippen LogP contribution in [0.3, 0.4) is 0 Å². The van der Waals surface area contributed by atoms with E-state index in [0.29, 0.717) is 18.2 Å². The molecule has 2 fully saturated rings. The third-order valence-corrected chi connectivity index (χ3v) is 5.78. The number of nitrogens with one attached hydrogen (secondary N) is 2. The summed E-state index contributed by atoms with van der Waals surface area (Å²) < 4.78 is 0. The molecule has 1 saturated heterocycles. The van der Waals surface area contributed by atoms with E-state index in [1.807, 2.05) is 24.3 Å². The number of nitriles is 1. The third kappa shape index (κ3) is 6.93. The number of piperidine rings is 1. The van der Waals surface area contributed by atoms with Gasteiger partial charge < -0.3 is 15.5 Å². The van der Waals surface area contributed by atoms with Crippen LogP contribution in [-0.2, 0) is 6.54 Å². The summed E-state index contributed by atoms with van der Waals surface area (Å²) in [6, 6.07) is 11.2. The first kappa shape index (κ1) is 23.0. The van der Waals surface area contributed by atoms with Crippen molar-refractivity contribution in [1.82, 2.24) is 15.5 Å². The van der Waals surface area contributed by atoms with Crippen LogP contribution in [0.2, 0.25) is 0 Å². The number of aliphatic imine (C=N–C) groups is 1. The number of rotatable bonds is 5. The Kier molecular flexibility index (Phi) is 10.1. The molecule has 0 bridgehead atoms. The summed E-state index contributed by atoms with van der Waals surface area (Å²) in [7, 11) is 0. The average molecular weight is 495 g/mol. The standard InChI is InChI=1S/C22H33N5.HI/c1-2-24-22(25-17-19-8-6-7-18(15-19)16-23)26-20-11-13-27(14-12-20)21-9-4-3-5-10-21;/h6-8,15,20-21H,2-5,9-14,17H2,1H3,(H2,24,25,26);1H. The van der Waals surface area contributed by atoms with Gasteiger partial charge in [-0.2, -0.15) is 5.26 Å². The Bertz CT molecular complexity index is 655. The largest absolute Gasteiger partial charge is 0.357 e. The number of hydrogen-bond acceptors (Lipinski definition) is 3. The van der Waals surface area contributed by atoms with Crippen molar-refractivity contribution >= 4 is 29.9 Å². The second-order valence-corrected chi connectivity index (χ2v) is 7.75. The molecule has 3 rings (SSSR count). The monoisotopic (exact) mass is 495 g/mol. The lowest BCUT2D eigenvalue weighted by Crippen LogP contribution is -2.50. The van der Waals surface area contributed by atoms with Crippen molar-refractivity contribution in [1.29, 1.82) is 5.26 Å². The van der Waals surface area contributed by atoms with Crippen LogP contribution in [0, 0.1) is 11.3 Å². The summed E-state index contributed by atoms with van der Waals surface area (Å²) >= 11 is 0. The molecular weight excluding hydrogens is 461 g/mol. The van der Waals surface area contributed by atoms with Gasteiger partial charge in [-0.25, -0.2) is 4.99 Å². The van der Waals surface area contributed by atoms with Gasteiger partial charge in [0.1, 0.15) is 0 Å². The maximum atomic E-state index is 9.04. The minimum Gasteiger partial charge on any atom is -0.357 e. The Morgan fingerprint density at radius 1 is 1.18 bits per heavy atom. The van der Waals surface area contributed by atoms with Crippen LogP contribution in [0.4, 0.5) is 0 Å². The van der Waals surface area contributed by atoms with Gasteiger partial charge in [0.05, 0.1) is 18.2 Å². The number of likely N-dealkylation sites (tertiary alicyclic amines) is 1. The number of benzene rings is 1. The van der Waals surface area contributed by atoms with Crippen LogP contribution < -0.4 is 10.6 Å². The van der Waals surface area contributed by atoms with Gasteiger partial charge in [-0.15, -0.1) is 24.0 Å². The molecule has 154 valence electrons. The molecule has 0 atom stereocenters. The summed E-state index contributed by atoms with van der Waals surface area (Å²) in [5.74, 6) is 0.885. The first-order valence-electron chi connectivity index (χ1n) is 10.6. The molecule has 2 N–H and O–H groups in total. The zero-order valence-corrected chi connectivity index (χ0v) is 19.3. The van der Waals surface area contributed by atoms with Crippen molar-refractivity contribution in [2.24, 2.45) is 4.99 Å². The highest BCUT2D eigenvalue weighted by Crippen LogP contribution is 2.25. The number of guanidine groups is 1. The molecule has 1 heterocycles. The fourth-order valence-corrected chi connectivity index (χ4v) is 4.28. The molecule has 6 heteroatoms. The Labute approximate surface area is 187 Å². The molecule has 1 aliphatic heterocycles. The molecule has 5 nitrogen and oxygen atoms in total. The van der Waals surface area contributed by atoms with Gasteiger partial charge in [0.2, 0.25) is 0 Å². The number of hydrogen-bond donors (Lipinski definition) is 2.